The molecule has 0 aliphatic rings. The number of ether oxygens (including phenoxy) is 2. The molecule has 1 N–H and O–H groups in total. The molecule has 1 atom stereocenters. The highest BCUT2D eigenvalue weighted by molar-refractivity contribution is 5.47. The Hall–Kier alpha value is -1.26. The molecule has 0 spiro atoms. The zero-order valence-corrected chi connectivity index (χ0v) is 11.8. The summed E-state index contributed by atoms with van der Waals surface area (Å²) in [5, 5.41) is 10.2. The summed E-state index contributed by atoms with van der Waals surface area (Å²) in [6.07, 6.45) is -0.560. The zero-order chi connectivity index (χ0) is 13.7. The number of hydrogen-bond acceptors (Lipinski definition) is 4. The summed E-state index contributed by atoms with van der Waals surface area (Å²) < 4.78 is 11.1. The van der Waals surface area contributed by atoms with Gasteiger partial charge in [0.05, 0.1) is 19.3 Å². The Bertz CT molecular complexity index is 377. The van der Waals surface area contributed by atoms with Gasteiger partial charge >= 0.3 is 0 Å². The lowest BCUT2D eigenvalue weighted by molar-refractivity contribution is 0.130. The number of hydrogen-bond donors (Lipinski definition) is 1. The van der Waals surface area contributed by atoms with Gasteiger partial charge in [-0.2, -0.15) is 0 Å². The van der Waals surface area contributed by atoms with E-state index >= 15 is 0 Å². The van der Waals surface area contributed by atoms with Gasteiger partial charge in [-0.25, -0.2) is 0 Å². The van der Waals surface area contributed by atoms with Crippen molar-refractivity contribution >= 4 is 0 Å². The van der Waals surface area contributed by atoms with Crippen LogP contribution in [0.3, 0.4) is 0 Å². The molecule has 102 valence electrons. The lowest BCUT2D eigenvalue weighted by Crippen LogP contribution is -2.21. The Morgan fingerprint density at radius 3 is 2.44 bits per heavy atom. The number of methoxy groups -OCH3 is 1. The van der Waals surface area contributed by atoms with Crippen molar-refractivity contribution in [3.8, 4) is 11.5 Å². The highest BCUT2D eigenvalue weighted by Crippen LogP contribution is 2.35. The molecule has 1 aromatic carbocycles. The molecule has 4 heteroatoms. The average molecular weight is 253 g/mol. The second kappa shape index (κ2) is 6.61. The van der Waals surface area contributed by atoms with E-state index in [9.17, 15) is 5.11 Å². The average Bonchev–Trinajstić information content (AvgIpc) is 2.27. The summed E-state index contributed by atoms with van der Waals surface area (Å²) in [6, 6.07) is 5.57. The topological polar surface area (TPSA) is 41.9 Å². The van der Waals surface area contributed by atoms with Crippen molar-refractivity contribution in [1.82, 2.24) is 4.90 Å². The smallest absolute Gasteiger partial charge is 0.167 e. The van der Waals surface area contributed by atoms with Gasteiger partial charge in [0.25, 0.3) is 0 Å². The largest absolute Gasteiger partial charge is 0.493 e. The van der Waals surface area contributed by atoms with Gasteiger partial charge in [-0.1, -0.05) is 12.1 Å². The molecule has 0 radical (unpaired) electrons. The Morgan fingerprint density at radius 1 is 1.28 bits per heavy atom. The standard InChI is InChI=1S/C14H23NO3/c1-10(2)18-14-11(12(16)9-15(3)4)7-6-8-13(14)17-5/h6-8,10,12,16H,9H2,1-5H3. The maximum atomic E-state index is 10.2. The molecule has 1 aromatic rings. The van der Waals surface area contributed by atoms with E-state index in [2.05, 4.69) is 0 Å². The van der Waals surface area contributed by atoms with Crippen molar-refractivity contribution in [2.75, 3.05) is 27.7 Å². The zero-order valence-electron chi connectivity index (χ0n) is 11.8. The van der Waals surface area contributed by atoms with Gasteiger partial charge in [-0.3, -0.25) is 0 Å². The first-order valence-electron chi connectivity index (χ1n) is 6.12. The maximum absolute atomic E-state index is 10.2. The van der Waals surface area contributed by atoms with Crippen LogP contribution in [0.4, 0.5) is 0 Å². The molecule has 0 bridgehead atoms. The molecule has 0 saturated carbocycles. The van der Waals surface area contributed by atoms with E-state index in [-0.39, 0.29) is 6.10 Å². The number of para-hydroxylation sites is 1. The molecule has 0 saturated heterocycles. The number of benzene rings is 1. The Morgan fingerprint density at radius 2 is 1.94 bits per heavy atom. The molecule has 0 aliphatic heterocycles. The number of likely N-dealkylation sites (N-methyl/N-ethyl adjacent to an activating group) is 1. The third-order valence-electron chi connectivity index (χ3n) is 2.48. The molecule has 0 aromatic heterocycles. The van der Waals surface area contributed by atoms with Crippen molar-refractivity contribution in [1.29, 1.82) is 0 Å². The summed E-state index contributed by atoms with van der Waals surface area (Å²) in [5.41, 5.74) is 0.761. The van der Waals surface area contributed by atoms with Gasteiger partial charge < -0.3 is 19.5 Å². The minimum Gasteiger partial charge on any atom is -0.493 e. The van der Waals surface area contributed by atoms with Gasteiger partial charge in [-0.15, -0.1) is 0 Å². The fraction of sp³-hybridized carbons (Fsp3) is 0.571. The molecule has 4 nitrogen and oxygen atoms in total. The van der Waals surface area contributed by atoms with E-state index in [0.29, 0.717) is 18.0 Å². The molecular formula is C14H23NO3. The first-order valence-corrected chi connectivity index (χ1v) is 6.12. The minimum atomic E-state index is -0.594. The van der Waals surface area contributed by atoms with E-state index in [0.717, 1.165) is 5.56 Å². The quantitative estimate of drug-likeness (QED) is 0.843. The highest BCUT2D eigenvalue weighted by atomic mass is 16.5. The normalized spacial score (nSPS) is 12.9. The third kappa shape index (κ3) is 3.89. The lowest BCUT2D eigenvalue weighted by atomic mass is 10.1. The van der Waals surface area contributed by atoms with Crippen LogP contribution in [-0.2, 0) is 0 Å². The van der Waals surface area contributed by atoms with E-state index < -0.39 is 6.10 Å². The van der Waals surface area contributed by atoms with E-state index in [1.165, 1.54) is 0 Å². The molecule has 0 aliphatic carbocycles. The summed E-state index contributed by atoms with van der Waals surface area (Å²) in [7, 11) is 5.45. The van der Waals surface area contributed by atoms with Gasteiger partial charge in [0, 0.05) is 12.1 Å². The first-order chi connectivity index (χ1) is 8.45. The molecule has 1 rings (SSSR count). The molecule has 0 fully saturated rings. The molecule has 18 heavy (non-hydrogen) atoms. The monoisotopic (exact) mass is 253 g/mol. The van der Waals surface area contributed by atoms with Gasteiger partial charge in [0.2, 0.25) is 0 Å². The second-order valence-electron chi connectivity index (χ2n) is 4.82. The minimum absolute atomic E-state index is 0.0339. The Kier molecular flexibility index (Phi) is 5.44. The van der Waals surface area contributed by atoms with Gasteiger partial charge in [-0.05, 0) is 34.0 Å². The number of aliphatic hydroxyl groups is 1. The van der Waals surface area contributed by atoms with Crippen LogP contribution < -0.4 is 9.47 Å². The Balaban J connectivity index is 3.08. The van der Waals surface area contributed by atoms with E-state index in [1.54, 1.807) is 7.11 Å². The van der Waals surface area contributed by atoms with Crippen LogP contribution in [0.15, 0.2) is 18.2 Å². The summed E-state index contributed by atoms with van der Waals surface area (Å²) in [6.45, 7) is 4.45. The third-order valence-corrected chi connectivity index (χ3v) is 2.48. The molecular weight excluding hydrogens is 230 g/mol. The number of nitrogens with zero attached hydrogens (tertiary/aromatic N) is 1. The number of rotatable bonds is 6. The van der Waals surface area contributed by atoms with Gasteiger partial charge in [0.1, 0.15) is 0 Å². The fourth-order valence-corrected chi connectivity index (χ4v) is 1.76. The van der Waals surface area contributed by atoms with Crippen LogP contribution in [0, 0.1) is 0 Å². The van der Waals surface area contributed by atoms with Crippen LogP contribution in [0.5, 0.6) is 11.5 Å². The van der Waals surface area contributed by atoms with Crippen LogP contribution in [0.25, 0.3) is 0 Å². The van der Waals surface area contributed by atoms with Crippen LogP contribution in [0.1, 0.15) is 25.5 Å². The van der Waals surface area contributed by atoms with Crippen LogP contribution >= 0.6 is 0 Å². The molecule has 0 amide bonds. The lowest BCUT2D eigenvalue weighted by Gasteiger charge is -2.22. The van der Waals surface area contributed by atoms with Gasteiger partial charge in [0.15, 0.2) is 11.5 Å². The maximum Gasteiger partial charge on any atom is 0.167 e. The summed E-state index contributed by atoms with van der Waals surface area (Å²) in [4.78, 5) is 1.93. The first kappa shape index (κ1) is 14.8. The van der Waals surface area contributed by atoms with Crippen LogP contribution in [-0.4, -0.2) is 43.9 Å². The van der Waals surface area contributed by atoms with Crippen molar-refractivity contribution in [3.05, 3.63) is 23.8 Å². The van der Waals surface area contributed by atoms with E-state index in [4.69, 9.17) is 9.47 Å². The summed E-state index contributed by atoms with van der Waals surface area (Å²) in [5.74, 6) is 1.28. The Labute approximate surface area is 109 Å². The number of aliphatic hydroxyl groups excluding tert-OH is 1. The molecule has 0 heterocycles. The second-order valence-corrected chi connectivity index (χ2v) is 4.82. The predicted molar refractivity (Wildman–Crippen MR) is 72.3 cm³/mol. The highest BCUT2D eigenvalue weighted by Gasteiger charge is 2.18. The van der Waals surface area contributed by atoms with Crippen molar-refractivity contribution < 1.29 is 14.6 Å². The predicted octanol–water partition coefficient (Wildman–Crippen LogP) is 2.08. The van der Waals surface area contributed by atoms with Crippen molar-refractivity contribution in [2.24, 2.45) is 0 Å². The van der Waals surface area contributed by atoms with Crippen molar-refractivity contribution in [2.45, 2.75) is 26.1 Å². The van der Waals surface area contributed by atoms with Crippen molar-refractivity contribution in [3.63, 3.8) is 0 Å². The summed E-state index contributed by atoms with van der Waals surface area (Å²) >= 11 is 0. The SMILES string of the molecule is COc1cccc(C(O)CN(C)C)c1OC(C)C. The molecule has 1 unspecified atom stereocenters. The van der Waals surface area contributed by atoms with E-state index in [1.807, 2.05) is 51.0 Å². The van der Waals surface area contributed by atoms with Crippen LogP contribution in [0.2, 0.25) is 0 Å². The fourth-order valence-electron chi connectivity index (χ4n) is 1.76.